The zero-order chi connectivity index (χ0) is 39.7. The number of aliphatic hydroxyl groups excluding tert-OH is 5. The molecule has 13 nitrogen and oxygen atoms in total. The Hall–Kier alpha value is -2.45. The van der Waals surface area contributed by atoms with Gasteiger partial charge in [0.05, 0.1) is 38.1 Å². The smallest absolute Gasteiger partial charge is 0.462 e. The zero-order valence-corrected chi connectivity index (χ0v) is 32.8. The van der Waals surface area contributed by atoms with Gasteiger partial charge in [-0.25, -0.2) is 4.57 Å². The maximum absolute atomic E-state index is 12.6. The van der Waals surface area contributed by atoms with Crippen LogP contribution in [0.1, 0.15) is 111 Å². The summed E-state index contributed by atoms with van der Waals surface area (Å²) in [5, 5.41) is 48.6. The minimum absolute atomic E-state index is 0.0612. The van der Waals surface area contributed by atoms with Gasteiger partial charge in [0, 0.05) is 12.8 Å². The number of aliphatic hydroxyl groups is 5. The van der Waals surface area contributed by atoms with Crippen molar-refractivity contribution in [3.05, 3.63) is 60.8 Å². The molecule has 0 spiro atoms. The number of allylic oxidation sites excluding steroid dienone is 7. The summed E-state index contributed by atoms with van der Waals surface area (Å²) in [5.41, 5.74) is 0. The second-order valence-corrected chi connectivity index (χ2v) is 14.5. The second-order valence-electron chi connectivity index (χ2n) is 13.0. The van der Waals surface area contributed by atoms with Crippen LogP contribution in [0.15, 0.2) is 60.8 Å². The number of rotatable bonds is 33. The fourth-order valence-electron chi connectivity index (χ4n) is 4.60. The number of hydrogen-bond donors (Lipinski definition) is 6. The molecule has 0 saturated heterocycles. The fourth-order valence-corrected chi connectivity index (χ4v) is 5.39. The van der Waals surface area contributed by atoms with Gasteiger partial charge in [-0.1, -0.05) is 126 Å². The quantitative estimate of drug-likeness (QED) is 0.0150. The van der Waals surface area contributed by atoms with Crippen molar-refractivity contribution in [2.24, 2.45) is 5.92 Å². The van der Waals surface area contributed by atoms with E-state index >= 15 is 0 Å². The van der Waals surface area contributed by atoms with E-state index in [0.717, 1.165) is 38.0 Å². The van der Waals surface area contributed by atoms with Crippen molar-refractivity contribution >= 4 is 19.8 Å². The Bertz CT molecular complexity index is 1140. The maximum atomic E-state index is 12.6. The number of carbonyl (C=O) groups is 2. The molecule has 0 aromatic carbocycles. The van der Waals surface area contributed by atoms with Crippen LogP contribution in [0.2, 0.25) is 0 Å². The minimum Gasteiger partial charge on any atom is -0.462 e. The third kappa shape index (κ3) is 31.6. The molecule has 0 radical (unpaired) electrons. The van der Waals surface area contributed by atoms with Crippen LogP contribution in [0.3, 0.4) is 0 Å². The van der Waals surface area contributed by atoms with Gasteiger partial charge in [-0.3, -0.25) is 18.6 Å². The van der Waals surface area contributed by atoms with Gasteiger partial charge >= 0.3 is 19.8 Å². The van der Waals surface area contributed by atoms with Gasteiger partial charge in [0.1, 0.15) is 12.7 Å². The fraction of sp³-hybridized carbons (Fsp3) is 0.692. The van der Waals surface area contributed by atoms with Gasteiger partial charge in [-0.15, -0.1) is 0 Å². The first kappa shape index (κ1) is 50.5. The third-order valence-corrected chi connectivity index (χ3v) is 9.02. The molecule has 0 bridgehead atoms. The highest BCUT2D eigenvalue weighted by Crippen LogP contribution is 2.43. The summed E-state index contributed by atoms with van der Waals surface area (Å²) in [6.07, 6.45) is 21.7. The second kappa shape index (κ2) is 32.9. The predicted octanol–water partition coefficient (Wildman–Crippen LogP) is 5.93. The molecule has 0 amide bonds. The molecule has 6 N–H and O–H groups in total. The van der Waals surface area contributed by atoms with Crippen LogP contribution in [0.5, 0.6) is 0 Å². The van der Waals surface area contributed by atoms with E-state index in [1.165, 1.54) is 25.3 Å². The van der Waals surface area contributed by atoms with Gasteiger partial charge < -0.3 is 39.9 Å². The normalized spacial score (nSPS) is 17.1. The van der Waals surface area contributed by atoms with E-state index in [4.69, 9.17) is 19.1 Å². The molecular formula is C39H67O13P. The van der Waals surface area contributed by atoms with E-state index in [-0.39, 0.29) is 25.7 Å². The van der Waals surface area contributed by atoms with E-state index < -0.39 is 76.7 Å². The van der Waals surface area contributed by atoms with Gasteiger partial charge in [-0.2, -0.15) is 0 Å². The lowest BCUT2D eigenvalue weighted by Crippen LogP contribution is -2.30. The van der Waals surface area contributed by atoms with E-state index in [1.54, 1.807) is 42.5 Å². The molecule has 2 unspecified atom stereocenters. The predicted molar refractivity (Wildman–Crippen MR) is 205 cm³/mol. The molecule has 0 rings (SSSR count). The minimum atomic E-state index is -4.71. The summed E-state index contributed by atoms with van der Waals surface area (Å²) in [5.74, 6) is -0.527. The highest BCUT2D eigenvalue weighted by Gasteiger charge is 2.27. The van der Waals surface area contributed by atoms with Gasteiger partial charge in [0.15, 0.2) is 6.10 Å². The Balaban J connectivity index is 4.78. The van der Waals surface area contributed by atoms with Crippen LogP contribution in [0.25, 0.3) is 0 Å². The molecule has 0 aliphatic heterocycles. The average Bonchev–Trinajstić information content (AvgIpc) is 3.13. The van der Waals surface area contributed by atoms with Crippen LogP contribution in [-0.2, 0) is 32.7 Å². The van der Waals surface area contributed by atoms with Crippen LogP contribution in [0, 0.1) is 5.92 Å². The van der Waals surface area contributed by atoms with Gasteiger partial charge in [-0.05, 0) is 38.0 Å². The lowest BCUT2D eigenvalue weighted by Gasteiger charge is -2.20. The lowest BCUT2D eigenvalue weighted by molar-refractivity contribution is -0.161. The van der Waals surface area contributed by atoms with Crippen LogP contribution in [0.4, 0.5) is 0 Å². The summed E-state index contributed by atoms with van der Waals surface area (Å²) in [6, 6.07) is 0. The molecule has 0 saturated carbocycles. The summed E-state index contributed by atoms with van der Waals surface area (Å²) in [7, 11) is -4.71. The molecule has 53 heavy (non-hydrogen) atoms. The number of carbonyl (C=O) groups excluding carboxylic acids is 2. The van der Waals surface area contributed by atoms with Crippen molar-refractivity contribution in [3.63, 3.8) is 0 Å². The molecule has 0 aromatic heterocycles. The topological polar surface area (TPSA) is 210 Å². The SMILES string of the molecule is CC/C=C\C[C@H](O)/C=C/C=C/C=C\C=C/[C@@H](O)[C@H](O)CCCC(=O)O[C@H](COC(=O)CCCCCCCCC(C)CC)COP(=O)(O)OC[C@@H](O)CO. The van der Waals surface area contributed by atoms with Crippen molar-refractivity contribution in [3.8, 4) is 0 Å². The van der Waals surface area contributed by atoms with Gasteiger partial charge in [0.2, 0.25) is 0 Å². The lowest BCUT2D eigenvalue weighted by atomic mass is 10.00. The Kier molecular flexibility index (Phi) is 31.4. The Labute approximate surface area is 316 Å². The first-order valence-electron chi connectivity index (χ1n) is 19.0. The maximum Gasteiger partial charge on any atom is 0.472 e. The van der Waals surface area contributed by atoms with Crippen LogP contribution >= 0.6 is 7.82 Å². The highest BCUT2D eigenvalue weighted by molar-refractivity contribution is 7.47. The molecular weight excluding hydrogens is 707 g/mol. The molecule has 0 aromatic rings. The first-order valence-corrected chi connectivity index (χ1v) is 20.5. The number of phosphoric acid groups is 1. The summed E-state index contributed by atoms with van der Waals surface area (Å²) in [4.78, 5) is 34.8. The van der Waals surface area contributed by atoms with Crippen LogP contribution < -0.4 is 0 Å². The zero-order valence-electron chi connectivity index (χ0n) is 32.0. The van der Waals surface area contributed by atoms with Crippen molar-refractivity contribution in [1.82, 2.24) is 0 Å². The van der Waals surface area contributed by atoms with Crippen molar-refractivity contribution < 1.29 is 63.1 Å². The standard InChI is InChI=1S/C39H67O13P/c1-4-6-15-22-33(41)23-17-12-8-9-13-18-24-36(43)37(44)25-20-27-39(46)52-35(31-51-53(47,48)50-29-34(42)28-40)30-49-38(45)26-19-14-10-7-11-16-21-32(3)5-2/h6,8-9,12-13,15,17-18,23-24,32-37,40-44H,4-5,7,10-11,14,16,19-22,25-31H2,1-3H3,(H,47,48)/b12-8+,13-9-,15-6-,23-17+,24-18-/t32?,33-,34-,35+,36+,37+/m0/s1. The number of ether oxygens (including phenoxy) is 2. The molecule has 306 valence electrons. The van der Waals surface area contributed by atoms with Crippen molar-refractivity contribution in [2.75, 3.05) is 26.4 Å². The monoisotopic (exact) mass is 774 g/mol. The average molecular weight is 775 g/mol. The number of unbranched alkanes of at least 4 members (excludes halogenated alkanes) is 5. The van der Waals surface area contributed by atoms with Crippen molar-refractivity contribution in [2.45, 2.75) is 141 Å². The van der Waals surface area contributed by atoms with Crippen LogP contribution in [-0.4, -0.2) is 99.3 Å². The highest BCUT2D eigenvalue weighted by atomic mass is 31.2. The van der Waals surface area contributed by atoms with E-state index in [1.807, 2.05) is 19.1 Å². The summed E-state index contributed by atoms with van der Waals surface area (Å²) in [6.45, 7) is 3.99. The Morgan fingerprint density at radius 1 is 0.717 bits per heavy atom. The summed E-state index contributed by atoms with van der Waals surface area (Å²) >= 11 is 0. The Morgan fingerprint density at radius 2 is 1.32 bits per heavy atom. The summed E-state index contributed by atoms with van der Waals surface area (Å²) < 4.78 is 32.3. The molecule has 14 heteroatoms. The van der Waals surface area contributed by atoms with Gasteiger partial charge in [0.25, 0.3) is 0 Å². The number of esters is 2. The van der Waals surface area contributed by atoms with E-state index in [9.17, 15) is 39.5 Å². The van der Waals surface area contributed by atoms with E-state index in [2.05, 4.69) is 18.4 Å². The largest absolute Gasteiger partial charge is 0.472 e. The Morgan fingerprint density at radius 3 is 1.98 bits per heavy atom. The molecule has 0 aliphatic rings. The first-order chi connectivity index (χ1) is 25.3. The van der Waals surface area contributed by atoms with Crippen molar-refractivity contribution in [1.29, 1.82) is 0 Å². The molecule has 0 aliphatic carbocycles. The molecule has 7 atom stereocenters. The third-order valence-electron chi connectivity index (χ3n) is 8.07. The number of hydrogen-bond acceptors (Lipinski definition) is 12. The molecule has 0 heterocycles. The molecule has 0 fully saturated rings. The number of phosphoric ester groups is 1. The van der Waals surface area contributed by atoms with E-state index in [0.29, 0.717) is 12.8 Å².